The van der Waals surface area contributed by atoms with Crippen molar-refractivity contribution in [2.24, 2.45) is 23.7 Å². The van der Waals surface area contributed by atoms with Gasteiger partial charge >= 0.3 is 0 Å². The zero-order valence-corrected chi connectivity index (χ0v) is 17.6. The average Bonchev–Trinajstić information content (AvgIpc) is 2.85. The van der Waals surface area contributed by atoms with E-state index in [0.717, 1.165) is 6.42 Å². The van der Waals surface area contributed by atoms with Gasteiger partial charge in [-0.25, -0.2) is 0 Å². The molecule has 0 aromatic carbocycles. The first-order valence-electron chi connectivity index (χ1n) is 8.48. The fraction of sp³-hybridized carbons (Fsp3) is 0.789. The molecule has 0 aliphatic heterocycles. The Morgan fingerprint density at radius 1 is 0.762 bits per heavy atom. The Morgan fingerprint density at radius 2 is 1.14 bits per heavy atom. The minimum atomic E-state index is 0.175. The molecule has 0 aromatic heterocycles. The summed E-state index contributed by atoms with van der Waals surface area (Å²) in [5.41, 5.74) is 3.23. The maximum absolute atomic E-state index is 3.23. The van der Waals surface area contributed by atoms with Gasteiger partial charge in [-0.05, 0) is 35.7 Å². The van der Waals surface area contributed by atoms with Crippen molar-refractivity contribution in [3.63, 3.8) is 0 Å². The summed E-state index contributed by atoms with van der Waals surface area (Å²) in [4.78, 5) is 0. The molecular formula is C19H36P2. The predicted molar refractivity (Wildman–Crippen MR) is 105 cm³/mol. The maximum Gasteiger partial charge on any atom is 0.0143 e. The van der Waals surface area contributed by atoms with Crippen LogP contribution >= 0.6 is 18.5 Å². The van der Waals surface area contributed by atoms with Crippen LogP contribution in [0.2, 0.25) is 0 Å². The number of rotatable bonds is 6. The van der Waals surface area contributed by atoms with Crippen molar-refractivity contribution in [1.82, 2.24) is 0 Å². The first-order chi connectivity index (χ1) is 9.50. The lowest BCUT2D eigenvalue weighted by atomic mass is 9.71. The molecule has 2 atom stereocenters. The quantitative estimate of drug-likeness (QED) is 0.518. The Labute approximate surface area is 138 Å². The summed E-state index contributed by atoms with van der Waals surface area (Å²) in [5.74, 6) is 2.48. The van der Waals surface area contributed by atoms with Gasteiger partial charge in [0.05, 0.1) is 0 Å². The molecule has 1 aliphatic carbocycles. The van der Waals surface area contributed by atoms with E-state index in [1.54, 1.807) is 11.1 Å². The van der Waals surface area contributed by atoms with Crippen LogP contribution in [0.3, 0.4) is 0 Å². The van der Waals surface area contributed by atoms with Crippen molar-refractivity contribution >= 4 is 18.5 Å². The molecule has 0 bridgehead atoms. The van der Waals surface area contributed by atoms with Crippen molar-refractivity contribution < 1.29 is 0 Å². The summed E-state index contributed by atoms with van der Waals surface area (Å²) >= 11 is 0. The Hall–Kier alpha value is 0.340. The highest BCUT2D eigenvalue weighted by molar-refractivity contribution is 7.20. The molecule has 0 heterocycles. The number of allylic oxidation sites excluding steroid dienone is 4. The van der Waals surface area contributed by atoms with Crippen LogP contribution in [-0.2, 0) is 0 Å². The van der Waals surface area contributed by atoms with E-state index in [9.17, 15) is 0 Å². The molecule has 2 heteroatoms. The second-order valence-corrected chi connectivity index (χ2v) is 9.89. The molecule has 0 saturated carbocycles. The van der Waals surface area contributed by atoms with E-state index < -0.39 is 0 Å². The molecule has 0 N–H and O–H groups in total. The van der Waals surface area contributed by atoms with Crippen molar-refractivity contribution in [1.29, 1.82) is 0 Å². The highest BCUT2D eigenvalue weighted by Gasteiger charge is 2.44. The average molecular weight is 326 g/mol. The molecule has 0 spiro atoms. The van der Waals surface area contributed by atoms with E-state index in [2.05, 4.69) is 86.0 Å². The van der Waals surface area contributed by atoms with Gasteiger partial charge in [-0.1, -0.05) is 73.1 Å². The standard InChI is InChI=1S/C19H36P2/c1-12(2)18(20,13(3)4)16-10-9-11-17(16)19(21,14(5)6)15(7)8/h9-10,12-15H,11,20-21H2,1-8H3. The van der Waals surface area contributed by atoms with E-state index in [0.29, 0.717) is 23.7 Å². The molecule has 0 aromatic rings. The smallest absolute Gasteiger partial charge is 0.0143 e. The molecule has 1 aliphatic rings. The summed E-state index contributed by atoms with van der Waals surface area (Å²) in [5, 5.41) is 0.373. The summed E-state index contributed by atoms with van der Waals surface area (Å²) in [6.07, 6.45) is 5.90. The minimum Gasteiger partial charge on any atom is -0.126 e. The lowest BCUT2D eigenvalue weighted by Crippen LogP contribution is -2.41. The van der Waals surface area contributed by atoms with Gasteiger partial charge in [0.25, 0.3) is 0 Å². The second kappa shape index (κ2) is 6.84. The van der Waals surface area contributed by atoms with Crippen LogP contribution < -0.4 is 0 Å². The lowest BCUT2D eigenvalue weighted by molar-refractivity contribution is 0.353. The Kier molecular flexibility index (Phi) is 6.32. The van der Waals surface area contributed by atoms with E-state index >= 15 is 0 Å². The summed E-state index contributed by atoms with van der Waals surface area (Å²) < 4.78 is 0. The highest BCUT2D eigenvalue weighted by atomic mass is 31.0. The Balaban J connectivity index is 3.53. The van der Waals surface area contributed by atoms with Crippen molar-refractivity contribution in [3.8, 4) is 0 Å². The molecule has 0 nitrogen and oxygen atoms in total. The van der Waals surface area contributed by atoms with E-state index in [1.165, 1.54) is 0 Å². The summed E-state index contributed by atoms with van der Waals surface area (Å²) in [6.45, 7) is 18.9. The first-order valence-corrected chi connectivity index (χ1v) is 9.64. The molecule has 0 fully saturated rings. The van der Waals surface area contributed by atoms with Crippen LogP contribution in [0, 0.1) is 23.7 Å². The SMILES string of the molecule is CC(C)C(P)(C1=C(C(P)(C(C)C)C(C)C)CC=C1)C(C)C. The fourth-order valence-corrected chi connectivity index (χ4v) is 4.52. The van der Waals surface area contributed by atoms with Gasteiger partial charge in [-0.15, -0.1) is 18.5 Å². The molecule has 2 unspecified atom stereocenters. The van der Waals surface area contributed by atoms with E-state index in [4.69, 9.17) is 0 Å². The van der Waals surface area contributed by atoms with Gasteiger partial charge < -0.3 is 0 Å². The van der Waals surface area contributed by atoms with Gasteiger partial charge in [0.1, 0.15) is 0 Å². The van der Waals surface area contributed by atoms with Crippen LogP contribution in [0.15, 0.2) is 23.3 Å². The predicted octanol–water partition coefficient (Wildman–Crippen LogP) is 6.09. The van der Waals surface area contributed by atoms with Gasteiger partial charge in [0.2, 0.25) is 0 Å². The topological polar surface area (TPSA) is 0 Å². The molecular weight excluding hydrogens is 290 g/mol. The van der Waals surface area contributed by atoms with Crippen LogP contribution in [-0.4, -0.2) is 10.3 Å². The monoisotopic (exact) mass is 326 g/mol. The largest absolute Gasteiger partial charge is 0.126 e. The van der Waals surface area contributed by atoms with Crippen molar-refractivity contribution in [2.75, 3.05) is 0 Å². The zero-order chi connectivity index (χ0) is 16.6. The van der Waals surface area contributed by atoms with Crippen LogP contribution in [0.1, 0.15) is 61.8 Å². The van der Waals surface area contributed by atoms with Crippen molar-refractivity contribution in [3.05, 3.63) is 23.3 Å². The van der Waals surface area contributed by atoms with Gasteiger partial charge in [0, 0.05) is 10.3 Å². The fourth-order valence-electron chi connectivity index (χ4n) is 3.97. The third-order valence-corrected chi connectivity index (χ3v) is 9.07. The summed E-state index contributed by atoms with van der Waals surface area (Å²) in [6, 6.07) is 0. The Bertz CT molecular complexity index is 409. The van der Waals surface area contributed by atoms with E-state index in [1.807, 2.05) is 0 Å². The normalized spacial score (nSPS) is 17.2. The maximum atomic E-state index is 3.23. The molecule has 0 saturated heterocycles. The van der Waals surface area contributed by atoms with Gasteiger partial charge in [-0.2, -0.15) is 0 Å². The number of hydrogen-bond donors (Lipinski definition) is 0. The summed E-state index contributed by atoms with van der Waals surface area (Å²) in [7, 11) is 6.45. The molecule has 122 valence electrons. The van der Waals surface area contributed by atoms with Gasteiger partial charge in [-0.3, -0.25) is 0 Å². The Morgan fingerprint density at radius 3 is 1.48 bits per heavy atom. The third-order valence-electron chi connectivity index (χ3n) is 5.74. The molecule has 0 radical (unpaired) electrons. The van der Waals surface area contributed by atoms with Crippen LogP contribution in [0.5, 0.6) is 0 Å². The molecule has 21 heavy (non-hydrogen) atoms. The van der Waals surface area contributed by atoms with Crippen LogP contribution in [0.25, 0.3) is 0 Å². The van der Waals surface area contributed by atoms with E-state index in [-0.39, 0.29) is 10.3 Å². The molecule has 1 rings (SSSR count). The second-order valence-electron chi connectivity index (χ2n) is 7.98. The first kappa shape index (κ1) is 19.4. The third kappa shape index (κ3) is 3.19. The van der Waals surface area contributed by atoms with Gasteiger partial charge in [0.15, 0.2) is 0 Å². The zero-order valence-electron chi connectivity index (χ0n) is 15.3. The minimum absolute atomic E-state index is 0.175. The molecule has 0 amide bonds. The van der Waals surface area contributed by atoms with Crippen LogP contribution in [0.4, 0.5) is 0 Å². The lowest BCUT2D eigenvalue weighted by Gasteiger charge is -2.45. The van der Waals surface area contributed by atoms with Crippen molar-refractivity contribution in [2.45, 2.75) is 72.1 Å². The number of hydrogen-bond acceptors (Lipinski definition) is 0. The highest BCUT2D eigenvalue weighted by Crippen LogP contribution is 2.53.